The summed E-state index contributed by atoms with van der Waals surface area (Å²) in [4.78, 5) is 13.7. The minimum atomic E-state index is 0.210. The van der Waals surface area contributed by atoms with E-state index in [1.165, 1.54) is 5.56 Å². The highest BCUT2D eigenvalue weighted by atomic mass is 16.2. The highest BCUT2D eigenvalue weighted by Gasteiger charge is 2.26. The van der Waals surface area contributed by atoms with Gasteiger partial charge in [-0.25, -0.2) is 0 Å². The number of hydrogen-bond acceptors (Lipinski definition) is 2. The monoisotopic (exact) mass is 218 g/mol. The number of hydrogen-bond donors (Lipinski definition) is 1. The Morgan fingerprint density at radius 2 is 2.25 bits per heavy atom. The Labute approximate surface area is 96.5 Å². The lowest BCUT2D eigenvalue weighted by atomic mass is 9.96. The van der Waals surface area contributed by atoms with Crippen LogP contribution in [-0.2, 0) is 4.79 Å². The van der Waals surface area contributed by atoms with Crippen LogP contribution in [0.25, 0.3) is 0 Å². The molecule has 0 spiro atoms. The van der Waals surface area contributed by atoms with Crippen LogP contribution in [0.15, 0.2) is 24.3 Å². The highest BCUT2D eigenvalue weighted by molar-refractivity contribution is 5.94. The molecule has 0 saturated heterocycles. The summed E-state index contributed by atoms with van der Waals surface area (Å²) in [5.41, 5.74) is 2.30. The Morgan fingerprint density at radius 1 is 1.50 bits per heavy atom. The first-order chi connectivity index (χ1) is 7.77. The van der Waals surface area contributed by atoms with Crippen LogP contribution in [0, 0.1) is 0 Å². The van der Waals surface area contributed by atoms with E-state index in [4.69, 9.17) is 0 Å². The lowest BCUT2D eigenvalue weighted by Gasteiger charge is -2.34. The lowest BCUT2D eigenvalue weighted by Crippen LogP contribution is -2.38. The second-order valence-electron chi connectivity index (χ2n) is 4.09. The van der Waals surface area contributed by atoms with E-state index < -0.39 is 0 Å². The predicted molar refractivity (Wildman–Crippen MR) is 65.5 cm³/mol. The summed E-state index contributed by atoms with van der Waals surface area (Å²) in [5.74, 6) is 0.210. The molecular weight excluding hydrogens is 200 g/mol. The number of anilines is 1. The van der Waals surface area contributed by atoms with E-state index in [-0.39, 0.29) is 5.91 Å². The molecule has 1 unspecified atom stereocenters. The second kappa shape index (κ2) is 4.66. The van der Waals surface area contributed by atoms with Crippen molar-refractivity contribution in [1.29, 1.82) is 0 Å². The van der Waals surface area contributed by atoms with Crippen LogP contribution < -0.4 is 10.2 Å². The third kappa shape index (κ3) is 1.83. The number of rotatable bonds is 2. The average Bonchev–Trinajstić information content (AvgIpc) is 2.36. The lowest BCUT2D eigenvalue weighted by molar-refractivity contribution is -0.118. The van der Waals surface area contributed by atoms with Crippen molar-refractivity contribution >= 4 is 11.6 Å². The Hall–Kier alpha value is -1.35. The fraction of sp³-hybridized carbons (Fsp3) is 0.462. The molecule has 0 aliphatic carbocycles. The van der Waals surface area contributed by atoms with Gasteiger partial charge in [0.05, 0.1) is 0 Å². The van der Waals surface area contributed by atoms with E-state index in [2.05, 4.69) is 11.4 Å². The minimum absolute atomic E-state index is 0.210. The summed E-state index contributed by atoms with van der Waals surface area (Å²) in [6, 6.07) is 8.53. The Balaban J connectivity index is 2.38. The zero-order valence-electron chi connectivity index (χ0n) is 9.86. The van der Waals surface area contributed by atoms with E-state index in [9.17, 15) is 4.79 Å². The number of amides is 1. The van der Waals surface area contributed by atoms with Gasteiger partial charge in [0.1, 0.15) is 0 Å². The summed E-state index contributed by atoms with van der Waals surface area (Å²) in [6.45, 7) is 2.73. The van der Waals surface area contributed by atoms with Gasteiger partial charge in [-0.1, -0.05) is 25.1 Å². The zero-order valence-corrected chi connectivity index (χ0v) is 9.86. The molecule has 86 valence electrons. The van der Waals surface area contributed by atoms with Crippen molar-refractivity contribution in [3.8, 4) is 0 Å². The number of benzene rings is 1. The molecule has 0 saturated carbocycles. The van der Waals surface area contributed by atoms with Crippen LogP contribution in [0.3, 0.4) is 0 Å². The van der Waals surface area contributed by atoms with E-state index in [0.717, 1.165) is 18.7 Å². The van der Waals surface area contributed by atoms with Gasteiger partial charge in [0, 0.05) is 24.7 Å². The molecule has 1 aliphatic heterocycles. The summed E-state index contributed by atoms with van der Waals surface area (Å²) < 4.78 is 0. The standard InChI is InChI=1S/C13H18N2O/c1-3-13(16)15-9-8-11(14-2)10-6-4-5-7-12(10)15/h4-7,11,14H,3,8-9H2,1-2H3. The van der Waals surface area contributed by atoms with Gasteiger partial charge in [-0.15, -0.1) is 0 Å². The molecule has 3 heteroatoms. The molecule has 0 bridgehead atoms. The third-order valence-corrected chi connectivity index (χ3v) is 3.20. The van der Waals surface area contributed by atoms with Gasteiger partial charge in [0.15, 0.2) is 0 Å². The molecule has 2 rings (SSSR count). The van der Waals surface area contributed by atoms with E-state index in [1.54, 1.807) is 0 Å². The number of para-hydroxylation sites is 1. The fourth-order valence-corrected chi connectivity index (χ4v) is 2.31. The van der Waals surface area contributed by atoms with Gasteiger partial charge in [0.2, 0.25) is 5.91 Å². The molecule has 1 amide bonds. The van der Waals surface area contributed by atoms with E-state index in [0.29, 0.717) is 12.5 Å². The number of nitrogens with zero attached hydrogens (tertiary/aromatic N) is 1. The number of carbonyl (C=O) groups is 1. The molecular formula is C13H18N2O. The van der Waals surface area contributed by atoms with Crippen molar-refractivity contribution in [2.24, 2.45) is 0 Å². The van der Waals surface area contributed by atoms with Crippen LogP contribution in [0.4, 0.5) is 5.69 Å². The molecule has 0 radical (unpaired) electrons. The molecule has 1 aromatic carbocycles. The minimum Gasteiger partial charge on any atom is -0.313 e. The van der Waals surface area contributed by atoms with Gasteiger partial charge in [0.25, 0.3) is 0 Å². The van der Waals surface area contributed by atoms with Crippen LogP contribution >= 0.6 is 0 Å². The molecule has 1 aliphatic rings. The summed E-state index contributed by atoms with van der Waals surface area (Å²) in [5, 5.41) is 3.30. The van der Waals surface area contributed by atoms with Crippen molar-refractivity contribution < 1.29 is 4.79 Å². The smallest absolute Gasteiger partial charge is 0.226 e. The van der Waals surface area contributed by atoms with Crippen molar-refractivity contribution in [1.82, 2.24) is 5.32 Å². The van der Waals surface area contributed by atoms with Crippen LogP contribution in [0.1, 0.15) is 31.4 Å². The summed E-state index contributed by atoms with van der Waals surface area (Å²) in [6.07, 6.45) is 1.55. The van der Waals surface area contributed by atoms with Gasteiger partial charge in [-0.05, 0) is 25.1 Å². The van der Waals surface area contributed by atoms with Gasteiger partial charge < -0.3 is 10.2 Å². The largest absolute Gasteiger partial charge is 0.313 e. The molecule has 1 N–H and O–H groups in total. The first-order valence-corrected chi connectivity index (χ1v) is 5.84. The number of nitrogens with one attached hydrogen (secondary N) is 1. The summed E-state index contributed by atoms with van der Waals surface area (Å²) >= 11 is 0. The molecule has 1 aromatic rings. The molecule has 0 fully saturated rings. The highest BCUT2D eigenvalue weighted by Crippen LogP contribution is 2.33. The maximum atomic E-state index is 11.8. The first kappa shape index (κ1) is 11.1. The Kier molecular flexibility index (Phi) is 3.25. The van der Waals surface area contributed by atoms with Crippen molar-refractivity contribution in [2.75, 3.05) is 18.5 Å². The van der Waals surface area contributed by atoms with Crippen molar-refractivity contribution in [2.45, 2.75) is 25.8 Å². The summed E-state index contributed by atoms with van der Waals surface area (Å²) in [7, 11) is 1.97. The third-order valence-electron chi connectivity index (χ3n) is 3.20. The molecule has 1 heterocycles. The van der Waals surface area contributed by atoms with Gasteiger partial charge in [-0.3, -0.25) is 4.79 Å². The maximum absolute atomic E-state index is 11.8. The molecule has 16 heavy (non-hydrogen) atoms. The topological polar surface area (TPSA) is 32.3 Å². The van der Waals surface area contributed by atoms with Crippen molar-refractivity contribution in [3.63, 3.8) is 0 Å². The normalized spacial score (nSPS) is 19.4. The van der Waals surface area contributed by atoms with Crippen LogP contribution in [-0.4, -0.2) is 19.5 Å². The number of fused-ring (bicyclic) bond motifs is 1. The molecule has 3 nitrogen and oxygen atoms in total. The maximum Gasteiger partial charge on any atom is 0.226 e. The van der Waals surface area contributed by atoms with E-state index >= 15 is 0 Å². The van der Waals surface area contributed by atoms with Crippen LogP contribution in [0.2, 0.25) is 0 Å². The molecule has 0 aromatic heterocycles. The molecule has 1 atom stereocenters. The Morgan fingerprint density at radius 3 is 2.94 bits per heavy atom. The zero-order chi connectivity index (χ0) is 11.5. The predicted octanol–water partition coefficient (Wildman–Crippen LogP) is 2.09. The average molecular weight is 218 g/mol. The van der Waals surface area contributed by atoms with Gasteiger partial charge >= 0.3 is 0 Å². The van der Waals surface area contributed by atoms with E-state index in [1.807, 2.05) is 37.1 Å². The quantitative estimate of drug-likeness (QED) is 0.824. The van der Waals surface area contributed by atoms with Gasteiger partial charge in [-0.2, -0.15) is 0 Å². The Bertz CT molecular complexity index is 389. The second-order valence-corrected chi connectivity index (χ2v) is 4.09. The van der Waals surface area contributed by atoms with Crippen molar-refractivity contribution in [3.05, 3.63) is 29.8 Å². The first-order valence-electron chi connectivity index (χ1n) is 5.84. The number of carbonyl (C=O) groups excluding carboxylic acids is 1. The fourth-order valence-electron chi connectivity index (χ4n) is 2.31. The van der Waals surface area contributed by atoms with Crippen LogP contribution in [0.5, 0.6) is 0 Å². The SMILES string of the molecule is CCC(=O)N1CCC(NC)c2ccccc21.